The van der Waals surface area contributed by atoms with E-state index in [4.69, 9.17) is 9.98 Å². The maximum atomic E-state index is 13.5. The Balaban J connectivity index is 1.59. The molecule has 3 N–H and O–H groups in total. The van der Waals surface area contributed by atoms with Crippen LogP contribution in [0.2, 0.25) is 0 Å². The standard InChI is InChI=1S/C42H41N5O2/c1-41(2,3)33-31(27-19-11-7-12-20-27)35(44-37(33)46-39(48)29-23-15-9-16-24-29)43-36-32(28-21-13-8-14-22-28)34(42(4,5)6)38(45-36)47-40(49)30-25-17-10-18-26-30/h7-26,44H,1-6H3,(H,46,48)(H,43,45,47,49). The zero-order valence-electron chi connectivity index (χ0n) is 28.8. The molecule has 0 atom stereocenters. The summed E-state index contributed by atoms with van der Waals surface area (Å²) in [6.45, 7) is 12.7. The van der Waals surface area contributed by atoms with Crippen LogP contribution in [0.3, 0.4) is 0 Å². The quantitative estimate of drug-likeness (QED) is 0.171. The Bertz CT molecular complexity index is 2080. The number of anilines is 1. The van der Waals surface area contributed by atoms with Crippen LogP contribution in [0.4, 0.5) is 11.6 Å². The van der Waals surface area contributed by atoms with Crippen molar-refractivity contribution in [2.24, 2.45) is 15.4 Å². The van der Waals surface area contributed by atoms with Gasteiger partial charge in [0.05, 0.1) is 0 Å². The molecule has 0 radical (unpaired) electrons. The molecule has 7 heteroatoms. The molecular formula is C42H41N5O2. The van der Waals surface area contributed by atoms with Gasteiger partial charge >= 0.3 is 0 Å². The number of carbonyl (C=O) groups excluding carboxylic acids is 2. The molecule has 0 bridgehead atoms. The number of benzene rings is 4. The number of aliphatic imine (C=N–C) groups is 2. The van der Waals surface area contributed by atoms with Crippen molar-refractivity contribution in [2.45, 2.75) is 47.0 Å². The maximum Gasteiger partial charge on any atom is 0.256 e. The first-order valence-corrected chi connectivity index (χ1v) is 16.4. The molecule has 2 heterocycles. The Morgan fingerprint density at radius 2 is 1.08 bits per heavy atom. The van der Waals surface area contributed by atoms with E-state index in [0.29, 0.717) is 34.4 Å². The van der Waals surface area contributed by atoms with Crippen LogP contribution in [0.15, 0.2) is 137 Å². The van der Waals surface area contributed by atoms with Gasteiger partial charge in [-0.3, -0.25) is 9.59 Å². The van der Waals surface area contributed by atoms with Crippen LogP contribution in [0.25, 0.3) is 16.7 Å². The number of rotatable bonds is 6. The van der Waals surface area contributed by atoms with Gasteiger partial charge in [-0.2, -0.15) is 0 Å². The van der Waals surface area contributed by atoms with Crippen molar-refractivity contribution in [1.29, 1.82) is 0 Å². The van der Waals surface area contributed by atoms with Crippen molar-refractivity contribution in [3.63, 3.8) is 0 Å². The first-order chi connectivity index (χ1) is 23.4. The summed E-state index contributed by atoms with van der Waals surface area (Å²) in [4.78, 5) is 40.8. The lowest BCUT2D eigenvalue weighted by molar-refractivity contribution is 0.0975. The second-order valence-corrected chi connectivity index (χ2v) is 14.1. The minimum absolute atomic E-state index is 0.226. The first-order valence-electron chi connectivity index (χ1n) is 16.4. The summed E-state index contributed by atoms with van der Waals surface area (Å²) in [7, 11) is 0. The molecule has 6 rings (SSSR count). The molecule has 0 saturated heterocycles. The highest BCUT2D eigenvalue weighted by atomic mass is 16.2. The number of amidine groups is 2. The number of H-pyrrole nitrogens is 1. The van der Waals surface area contributed by atoms with Crippen LogP contribution >= 0.6 is 0 Å². The number of nitrogens with one attached hydrogen (secondary N) is 3. The number of aromatic nitrogens is 1. The first kappa shape index (κ1) is 33.1. The largest absolute Gasteiger partial charge is 0.326 e. The fourth-order valence-electron chi connectivity index (χ4n) is 6.18. The van der Waals surface area contributed by atoms with Crippen molar-refractivity contribution >= 4 is 40.7 Å². The predicted octanol–water partition coefficient (Wildman–Crippen LogP) is 9.60. The second-order valence-electron chi connectivity index (χ2n) is 14.1. The molecule has 0 aliphatic carbocycles. The molecule has 5 aromatic rings. The molecular weight excluding hydrogens is 606 g/mol. The van der Waals surface area contributed by atoms with E-state index in [2.05, 4.69) is 57.2 Å². The third kappa shape index (κ3) is 7.06. The zero-order chi connectivity index (χ0) is 34.8. The number of aromatic amines is 1. The van der Waals surface area contributed by atoms with Crippen molar-refractivity contribution in [3.8, 4) is 11.1 Å². The third-order valence-electron chi connectivity index (χ3n) is 8.29. The summed E-state index contributed by atoms with van der Waals surface area (Å²) in [6.07, 6.45) is 0. The summed E-state index contributed by atoms with van der Waals surface area (Å²) in [6, 6.07) is 38.3. The van der Waals surface area contributed by atoms with Crippen LogP contribution in [0.1, 0.15) is 73.4 Å². The Morgan fingerprint density at radius 1 is 0.612 bits per heavy atom. The number of nitrogens with zero attached hydrogens (tertiary/aromatic N) is 2. The van der Waals surface area contributed by atoms with E-state index in [1.54, 1.807) is 24.3 Å². The van der Waals surface area contributed by atoms with Crippen LogP contribution in [0.5, 0.6) is 0 Å². The normalized spacial score (nSPS) is 14.2. The molecule has 0 saturated carbocycles. The predicted molar refractivity (Wildman–Crippen MR) is 201 cm³/mol. The van der Waals surface area contributed by atoms with Gasteiger partial charge in [-0.15, -0.1) is 0 Å². The van der Waals surface area contributed by atoms with Crippen molar-refractivity contribution < 1.29 is 9.59 Å². The molecule has 2 amide bonds. The van der Waals surface area contributed by atoms with E-state index < -0.39 is 5.41 Å². The Kier molecular flexibility index (Phi) is 9.02. The number of hydrogen-bond acceptors (Lipinski definition) is 3. The fraction of sp³-hybridized carbons (Fsp3) is 0.190. The molecule has 7 nitrogen and oxygen atoms in total. The molecule has 0 unspecified atom stereocenters. The van der Waals surface area contributed by atoms with Gasteiger partial charge in [0, 0.05) is 33.4 Å². The van der Waals surface area contributed by atoms with Gasteiger partial charge in [0.25, 0.3) is 11.8 Å². The van der Waals surface area contributed by atoms with Gasteiger partial charge in [0.1, 0.15) is 17.5 Å². The van der Waals surface area contributed by atoms with Crippen molar-refractivity contribution in [3.05, 3.63) is 149 Å². The summed E-state index contributed by atoms with van der Waals surface area (Å²) in [5.41, 5.74) is 5.67. The summed E-state index contributed by atoms with van der Waals surface area (Å²) in [5.74, 6) is 1.56. The molecule has 1 aliphatic rings. The summed E-state index contributed by atoms with van der Waals surface area (Å²) < 4.78 is 0. The van der Waals surface area contributed by atoms with Crippen LogP contribution < -0.4 is 10.6 Å². The monoisotopic (exact) mass is 647 g/mol. The Labute approximate surface area is 287 Å². The minimum Gasteiger partial charge on any atom is -0.326 e. The smallest absolute Gasteiger partial charge is 0.256 e. The van der Waals surface area contributed by atoms with E-state index in [9.17, 15) is 9.59 Å². The molecule has 4 aromatic carbocycles. The molecule has 1 aliphatic heterocycles. The fourth-order valence-corrected chi connectivity index (χ4v) is 6.18. The zero-order valence-corrected chi connectivity index (χ0v) is 28.8. The lowest BCUT2D eigenvalue weighted by Crippen LogP contribution is -2.34. The molecule has 0 fully saturated rings. The highest BCUT2D eigenvalue weighted by Gasteiger charge is 2.36. The molecule has 246 valence electrons. The van der Waals surface area contributed by atoms with E-state index in [1.165, 1.54) is 0 Å². The van der Waals surface area contributed by atoms with Crippen molar-refractivity contribution in [2.75, 3.05) is 5.32 Å². The highest BCUT2D eigenvalue weighted by molar-refractivity contribution is 6.39. The van der Waals surface area contributed by atoms with E-state index in [0.717, 1.165) is 33.4 Å². The number of carbonyl (C=O) groups is 2. The summed E-state index contributed by atoms with van der Waals surface area (Å²) >= 11 is 0. The average molecular weight is 648 g/mol. The number of amides is 2. The maximum absolute atomic E-state index is 13.5. The lowest BCUT2D eigenvalue weighted by atomic mass is 9.81. The third-order valence-corrected chi connectivity index (χ3v) is 8.29. The van der Waals surface area contributed by atoms with Gasteiger partial charge in [0.15, 0.2) is 5.84 Å². The van der Waals surface area contributed by atoms with E-state index in [-0.39, 0.29) is 17.2 Å². The minimum atomic E-state index is -0.408. The number of hydrogen-bond donors (Lipinski definition) is 3. The van der Waals surface area contributed by atoms with Crippen LogP contribution in [0, 0.1) is 5.41 Å². The Morgan fingerprint density at radius 3 is 1.57 bits per heavy atom. The topological polar surface area (TPSA) is 98.7 Å². The van der Waals surface area contributed by atoms with Crippen LogP contribution in [-0.4, -0.2) is 28.5 Å². The highest BCUT2D eigenvalue weighted by Crippen LogP contribution is 2.46. The van der Waals surface area contributed by atoms with Crippen LogP contribution in [-0.2, 0) is 5.41 Å². The van der Waals surface area contributed by atoms with Crippen molar-refractivity contribution in [1.82, 2.24) is 10.3 Å². The van der Waals surface area contributed by atoms with E-state index in [1.807, 2.05) is 97.1 Å². The van der Waals surface area contributed by atoms with Gasteiger partial charge in [-0.1, -0.05) is 139 Å². The van der Waals surface area contributed by atoms with Gasteiger partial charge < -0.3 is 15.6 Å². The van der Waals surface area contributed by atoms with Gasteiger partial charge in [-0.25, -0.2) is 9.98 Å². The SMILES string of the molecule is CC(C)(C)C1=C(c2ccccc2)C(=Nc2[nH]c(NC(=O)c3ccccc3)c(C(C)(C)C)c2-c2ccccc2)N=C1NC(=O)c1ccccc1. The average Bonchev–Trinajstić information content (AvgIpc) is 3.64. The van der Waals surface area contributed by atoms with Gasteiger partial charge in [-0.05, 0) is 46.2 Å². The molecule has 0 spiro atoms. The van der Waals surface area contributed by atoms with Gasteiger partial charge in [0.2, 0.25) is 0 Å². The van der Waals surface area contributed by atoms with E-state index >= 15 is 0 Å². The Hall–Kier alpha value is -5.82. The second kappa shape index (κ2) is 13.4. The lowest BCUT2D eigenvalue weighted by Gasteiger charge is -2.24. The molecule has 1 aromatic heterocycles. The molecule has 49 heavy (non-hydrogen) atoms. The summed E-state index contributed by atoms with van der Waals surface area (Å²) in [5, 5.41) is 6.25.